The molecule has 1 fully saturated rings. The molecule has 166 valence electrons. The van der Waals surface area contributed by atoms with E-state index in [1.807, 2.05) is 30.3 Å². The number of nitrogens with one attached hydrogen (secondary N) is 2. The number of hydrogen-bond acceptors (Lipinski definition) is 5. The third-order valence-corrected chi connectivity index (χ3v) is 7.35. The maximum Gasteiger partial charge on any atom is 0.185 e. The van der Waals surface area contributed by atoms with Crippen molar-refractivity contribution in [1.82, 2.24) is 25.9 Å². The molecule has 6 rings (SSSR count). The van der Waals surface area contributed by atoms with Gasteiger partial charge in [0.05, 0.1) is 0 Å². The van der Waals surface area contributed by atoms with E-state index in [-0.39, 0.29) is 6.17 Å². The van der Waals surface area contributed by atoms with Gasteiger partial charge >= 0.3 is 0 Å². The minimum Gasteiger partial charge on any atom is -0.322 e. The van der Waals surface area contributed by atoms with E-state index in [1.165, 1.54) is 5.56 Å². The van der Waals surface area contributed by atoms with Crippen LogP contribution >= 0.6 is 23.6 Å². The quantitative estimate of drug-likeness (QED) is 0.305. The number of thiophene rings is 1. The summed E-state index contributed by atoms with van der Waals surface area (Å²) in [7, 11) is 0. The van der Waals surface area contributed by atoms with Crippen LogP contribution in [0.1, 0.15) is 16.6 Å². The Hall–Kier alpha value is -3.65. The average Bonchev–Trinajstić information content (AvgIpc) is 3.48. The second-order valence-corrected chi connectivity index (χ2v) is 9.56. The van der Waals surface area contributed by atoms with Crippen LogP contribution in [0.5, 0.6) is 0 Å². The Balaban J connectivity index is 1.47. The molecule has 34 heavy (non-hydrogen) atoms. The van der Waals surface area contributed by atoms with Crippen molar-refractivity contribution in [3.63, 3.8) is 0 Å². The molecule has 7 heteroatoms. The number of nitrogens with zero attached hydrogens (tertiary/aromatic N) is 3. The van der Waals surface area contributed by atoms with Crippen LogP contribution in [0.25, 0.3) is 32.6 Å². The highest BCUT2D eigenvalue weighted by molar-refractivity contribution is 7.80. The zero-order valence-electron chi connectivity index (χ0n) is 18.2. The lowest BCUT2D eigenvalue weighted by atomic mass is 9.97. The van der Waals surface area contributed by atoms with Gasteiger partial charge in [-0.25, -0.2) is 5.43 Å². The summed E-state index contributed by atoms with van der Waals surface area (Å²) in [5, 5.41) is 11.1. The molecule has 0 amide bonds. The van der Waals surface area contributed by atoms with Gasteiger partial charge in [-0.3, -0.25) is 5.43 Å². The molecule has 5 nitrogen and oxygen atoms in total. The van der Waals surface area contributed by atoms with Crippen molar-refractivity contribution in [2.45, 2.75) is 12.7 Å². The predicted octanol–water partition coefficient (Wildman–Crippen LogP) is 5.92. The zero-order chi connectivity index (χ0) is 22.9. The maximum absolute atomic E-state index is 5.61. The molecule has 0 bridgehead atoms. The number of benzene rings is 3. The molecule has 1 atom stereocenters. The van der Waals surface area contributed by atoms with Gasteiger partial charge in [0, 0.05) is 27.9 Å². The molecule has 3 aromatic carbocycles. The maximum atomic E-state index is 5.61. The number of fused-ring (bicyclic) bond motifs is 1. The first-order valence-electron chi connectivity index (χ1n) is 11.0. The molecule has 1 aliphatic rings. The molecule has 1 aliphatic heterocycles. The number of hydrogen-bond donors (Lipinski definition) is 2. The third-order valence-electron chi connectivity index (χ3n) is 5.94. The lowest BCUT2D eigenvalue weighted by molar-refractivity contribution is 0.314. The molecular weight excluding hydrogens is 458 g/mol. The van der Waals surface area contributed by atoms with Crippen LogP contribution in [0.4, 0.5) is 0 Å². The fraction of sp³-hybridized carbons (Fsp3) is 0.0741. The van der Waals surface area contributed by atoms with Crippen LogP contribution in [0.15, 0.2) is 97.1 Å². The molecule has 5 aromatic rings. The number of thiocarbonyl (C=S) groups is 1. The largest absolute Gasteiger partial charge is 0.322 e. The van der Waals surface area contributed by atoms with Crippen LogP contribution in [-0.4, -0.2) is 20.2 Å². The van der Waals surface area contributed by atoms with E-state index in [0.717, 1.165) is 37.5 Å². The van der Waals surface area contributed by atoms with Gasteiger partial charge in [-0.15, -0.1) is 21.5 Å². The van der Waals surface area contributed by atoms with E-state index in [9.17, 15) is 0 Å². The first-order valence-corrected chi connectivity index (χ1v) is 12.3. The van der Waals surface area contributed by atoms with E-state index < -0.39 is 0 Å². The Morgan fingerprint density at radius 2 is 1.47 bits per heavy atom. The molecule has 1 saturated heterocycles. The van der Waals surface area contributed by atoms with Gasteiger partial charge in [0.15, 0.2) is 5.11 Å². The molecule has 1 unspecified atom stereocenters. The van der Waals surface area contributed by atoms with E-state index in [1.54, 1.807) is 11.3 Å². The van der Waals surface area contributed by atoms with Crippen LogP contribution in [0, 0.1) is 0 Å². The van der Waals surface area contributed by atoms with Gasteiger partial charge in [0.1, 0.15) is 16.7 Å². The number of aromatic nitrogens is 2. The van der Waals surface area contributed by atoms with Gasteiger partial charge < -0.3 is 4.90 Å². The van der Waals surface area contributed by atoms with Gasteiger partial charge in [-0.2, -0.15) is 0 Å². The summed E-state index contributed by atoms with van der Waals surface area (Å²) >= 11 is 7.26. The standard InChI is InChI=1S/C27H21N5S2/c33-27-31-29-25(32(27)17-18-10-4-1-5-11-18)22-16-21-23(19-12-6-2-7-13-19)24(28-30-26(21)34-22)20-14-8-3-9-15-20/h1-16,25,29H,17H2,(H,31,33). The van der Waals surface area contributed by atoms with Crippen LogP contribution in [0.3, 0.4) is 0 Å². The zero-order valence-corrected chi connectivity index (χ0v) is 19.8. The molecule has 2 aromatic heterocycles. The Labute approximate surface area is 207 Å². The molecule has 0 aliphatic carbocycles. The predicted molar refractivity (Wildman–Crippen MR) is 142 cm³/mol. The highest BCUT2D eigenvalue weighted by Crippen LogP contribution is 2.41. The lowest BCUT2D eigenvalue weighted by Gasteiger charge is -2.23. The van der Waals surface area contributed by atoms with Crippen LogP contribution in [-0.2, 0) is 6.54 Å². The fourth-order valence-corrected chi connectivity index (χ4v) is 5.60. The summed E-state index contributed by atoms with van der Waals surface area (Å²) in [6, 6.07) is 33.3. The Morgan fingerprint density at radius 3 is 2.18 bits per heavy atom. The molecule has 2 N–H and O–H groups in total. The highest BCUT2D eigenvalue weighted by atomic mass is 32.1. The highest BCUT2D eigenvalue weighted by Gasteiger charge is 2.31. The topological polar surface area (TPSA) is 53.1 Å². The number of rotatable bonds is 5. The molecular formula is C27H21N5S2. The average molecular weight is 480 g/mol. The van der Waals surface area contributed by atoms with E-state index in [4.69, 9.17) is 12.2 Å². The Morgan fingerprint density at radius 1 is 0.824 bits per heavy atom. The molecule has 0 saturated carbocycles. The van der Waals surface area contributed by atoms with Gasteiger partial charge in [0.2, 0.25) is 0 Å². The molecule has 0 spiro atoms. The van der Waals surface area contributed by atoms with Gasteiger partial charge in [0.25, 0.3) is 0 Å². The number of hydrazine groups is 1. The first-order chi connectivity index (χ1) is 16.8. The summed E-state index contributed by atoms with van der Waals surface area (Å²) in [6.45, 7) is 0.713. The van der Waals surface area contributed by atoms with Gasteiger partial charge in [-0.1, -0.05) is 91.0 Å². The minimum atomic E-state index is -0.0873. The summed E-state index contributed by atoms with van der Waals surface area (Å²) in [5.41, 5.74) is 11.9. The van der Waals surface area contributed by atoms with Crippen molar-refractivity contribution in [3.05, 3.63) is 108 Å². The van der Waals surface area contributed by atoms with Crippen molar-refractivity contribution >= 4 is 38.9 Å². The van der Waals surface area contributed by atoms with Crippen molar-refractivity contribution in [1.29, 1.82) is 0 Å². The lowest BCUT2D eigenvalue weighted by Crippen LogP contribution is -2.28. The Kier molecular flexibility index (Phi) is 5.50. The summed E-state index contributed by atoms with van der Waals surface area (Å²) in [4.78, 5) is 4.21. The summed E-state index contributed by atoms with van der Waals surface area (Å²) < 4.78 is 0. The van der Waals surface area contributed by atoms with Crippen molar-refractivity contribution in [2.24, 2.45) is 0 Å². The van der Waals surface area contributed by atoms with E-state index in [2.05, 4.69) is 92.7 Å². The fourth-order valence-electron chi connectivity index (χ4n) is 4.32. The normalized spacial score (nSPS) is 15.6. The molecule has 3 heterocycles. The smallest absolute Gasteiger partial charge is 0.185 e. The third kappa shape index (κ3) is 3.84. The van der Waals surface area contributed by atoms with Gasteiger partial charge in [-0.05, 0) is 29.4 Å². The second-order valence-electron chi connectivity index (χ2n) is 8.11. The van der Waals surface area contributed by atoms with Crippen molar-refractivity contribution in [2.75, 3.05) is 0 Å². The van der Waals surface area contributed by atoms with Crippen molar-refractivity contribution in [3.8, 4) is 22.4 Å². The summed E-state index contributed by atoms with van der Waals surface area (Å²) in [6.07, 6.45) is -0.0873. The van der Waals surface area contributed by atoms with Crippen molar-refractivity contribution < 1.29 is 0 Å². The summed E-state index contributed by atoms with van der Waals surface area (Å²) in [5.74, 6) is 0. The van der Waals surface area contributed by atoms with Crippen LogP contribution in [0.2, 0.25) is 0 Å². The first kappa shape index (κ1) is 20.9. The van der Waals surface area contributed by atoms with Crippen LogP contribution < -0.4 is 10.9 Å². The monoisotopic (exact) mass is 479 g/mol. The molecule has 0 radical (unpaired) electrons. The second kappa shape index (κ2) is 8.95. The minimum absolute atomic E-state index is 0.0873. The van der Waals surface area contributed by atoms with E-state index in [0.29, 0.717) is 11.7 Å². The Bertz CT molecular complexity index is 1450. The SMILES string of the molecule is S=C1NNC(c2cc3c(-c4ccccc4)c(-c4ccccc4)nnc3s2)N1Cc1ccccc1. The van der Waals surface area contributed by atoms with E-state index >= 15 is 0 Å².